The first-order valence-corrected chi connectivity index (χ1v) is 8.32. The number of amides is 1. The number of carbonyl (C=O) groups is 2. The summed E-state index contributed by atoms with van der Waals surface area (Å²) in [5.74, 6) is -0.245. The zero-order chi connectivity index (χ0) is 18.2. The summed E-state index contributed by atoms with van der Waals surface area (Å²) in [5.41, 5.74) is 0.888. The Hall–Kier alpha value is -2.69. The first-order chi connectivity index (χ1) is 12.0. The molecule has 0 saturated carbocycles. The zero-order valence-electron chi connectivity index (χ0n) is 14.4. The van der Waals surface area contributed by atoms with E-state index in [1.54, 1.807) is 24.3 Å². The average Bonchev–Trinajstić information content (AvgIpc) is 2.60. The van der Waals surface area contributed by atoms with Crippen molar-refractivity contribution in [3.63, 3.8) is 0 Å². The van der Waals surface area contributed by atoms with Crippen LogP contribution in [0.15, 0.2) is 48.5 Å². The maximum absolute atomic E-state index is 12.9. The molecule has 1 amide bonds. The minimum Gasteiger partial charge on any atom is -0.484 e. The molecule has 1 N–H and O–H groups in total. The molecule has 2 aromatic rings. The summed E-state index contributed by atoms with van der Waals surface area (Å²) in [7, 11) is 0. The quantitative estimate of drug-likeness (QED) is 0.743. The van der Waals surface area contributed by atoms with Gasteiger partial charge in [0.1, 0.15) is 11.6 Å². The van der Waals surface area contributed by atoms with Gasteiger partial charge in [-0.05, 0) is 61.9 Å². The fourth-order valence-corrected chi connectivity index (χ4v) is 2.44. The van der Waals surface area contributed by atoms with E-state index in [2.05, 4.69) is 12.2 Å². The van der Waals surface area contributed by atoms with Gasteiger partial charge in [-0.25, -0.2) is 4.39 Å². The molecular formula is C20H22FNO3. The second kappa shape index (κ2) is 8.97. The molecular weight excluding hydrogens is 321 g/mol. The monoisotopic (exact) mass is 343 g/mol. The maximum Gasteiger partial charge on any atom is 0.258 e. The average molecular weight is 343 g/mol. The van der Waals surface area contributed by atoms with E-state index < -0.39 is 0 Å². The Morgan fingerprint density at radius 2 is 1.60 bits per heavy atom. The van der Waals surface area contributed by atoms with Gasteiger partial charge in [-0.15, -0.1) is 0 Å². The van der Waals surface area contributed by atoms with Crippen LogP contribution in [0.25, 0.3) is 0 Å². The van der Waals surface area contributed by atoms with Gasteiger partial charge >= 0.3 is 0 Å². The number of ether oxygens (including phenoxy) is 1. The minimum atomic E-state index is -0.383. The lowest BCUT2D eigenvalue weighted by Gasteiger charge is -2.13. The number of hydrogen-bond donors (Lipinski definition) is 1. The van der Waals surface area contributed by atoms with E-state index in [-0.39, 0.29) is 30.2 Å². The lowest BCUT2D eigenvalue weighted by Crippen LogP contribution is -2.35. The molecule has 0 aliphatic rings. The number of rotatable bonds is 8. The van der Waals surface area contributed by atoms with Crippen LogP contribution in [-0.2, 0) is 4.79 Å². The van der Waals surface area contributed by atoms with E-state index in [1.165, 1.54) is 24.3 Å². The molecule has 0 unspecified atom stereocenters. The standard InChI is InChI=1S/C20H22FNO3/c1-3-4-14(2)22-19(23)13-25-18-11-7-16(8-12-18)20(24)15-5-9-17(21)10-6-15/h5-12,14H,3-4,13H2,1-2H3,(H,22,23)/t14-/m1/s1. The van der Waals surface area contributed by atoms with Gasteiger partial charge in [0.05, 0.1) is 0 Å². The highest BCUT2D eigenvalue weighted by Gasteiger charge is 2.10. The van der Waals surface area contributed by atoms with E-state index in [4.69, 9.17) is 4.74 Å². The maximum atomic E-state index is 12.9. The van der Waals surface area contributed by atoms with Crippen molar-refractivity contribution in [3.05, 3.63) is 65.5 Å². The third-order valence-corrected chi connectivity index (χ3v) is 3.72. The summed E-state index contributed by atoms with van der Waals surface area (Å²) in [6.07, 6.45) is 1.93. The molecule has 4 nitrogen and oxygen atoms in total. The van der Waals surface area contributed by atoms with Crippen LogP contribution in [0.4, 0.5) is 4.39 Å². The number of nitrogens with one attached hydrogen (secondary N) is 1. The lowest BCUT2D eigenvalue weighted by atomic mass is 10.0. The lowest BCUT2D eigenvalue weighted by molar-refractivity contribution is -0.123. The summed E-state index contributed by atoms with van der Waals surface area (Å²) in [6, 6.07) is 12.0. The fraction of sp³-hybridized carbons (Fsp3) is 0.300. The molecule has 0 fully saturated rings. The predicted molar refractivity (Wildman–Crippen MR) is 94.3 cm³/mol. The minimum absolute atomic E-state index is 0.0701. The number of halogens is 1. The molecule has 25 heavy (non-hydrogen) atoms. The Bertz CT molecular complexity index is 711. The fourth-order valence-electron chi connectivity index (χ4n) is 2.44. The molecule has 2 rings (SSSR count). The van der Waals surface area contributed by atoms with Crippen molar-refractivity contribution in [1.29, 1.82) is 0 Å². The van der Waals surface area contributed by atoms with E-state index in [0.29, 0.717) is 16.9 Å². The topological polar surface area (TPSA) is 55.4 Å². The van der Waals surface area contributed by atoms with Gasteiger partial charge in [-0.3, -0.25) is 9.59 Å². The summed E-state index contributed by atoms with van der Waals surface area (Å²) in [4.78, 5) is 24.1. The van der Waals surface area contributed by atoms with E-state index in [0.717, 1.165) is 12.8 Å². The van der Waals surface area contributed by atoms with Crippen molar-refractivity contribution >= 4 is 11.7 Å². The number of carbonyl (C=O) groups excluding carboxylic acids is 2. The highest BCUT2D eigenvalue weighted by Crippen LogP contribution is 2.16. The van der Waals surface area contributed by atoms with Crippen LogP contribution in [0.2, 0.25) is 0 Å². The summed E-state index contributed by atoms with van der Waals surface area (Å²) in [5, 5.41) is 2.86. The van der Waals surface area contributed by atoms with Crippen molar-refractivity contribution < 1.29 is 18.7 Å². The van der Waals surface area contributed by atoms with Crippen LogP contribution >= 0.6 is 0 Å². The molecule has 5 heteroatoms. The van der Waals surface area contributed by atoms with Gasteiger partial charge in [0.15, 0.2) is 12.4 Å². The molecule has 2 aromatic carbocycles. The molecule has 0 spiro atoms. The van der Waals surface area contributed by atoms with Crippen LogP contribution < -0.4 is 10.1 Å². The van der Waals surface area contributed by atoms with Crippen LogP contribution in [0, 0.1) is 5.82 Å². The molecule has 0 aliphatic heterocycles. The van der Waals surface area contributed by atoms with Crippen LogP contribution in [-0.4, -0.2) is 24.3 Å². The van der Waals surface area contributed by atoms with Crippen molar-refractivity contribution in [2.75, 3.05) is 6.61 Å². The van der Waals surface area contributed by atoms with E-state index >= 15 is 0 Å². The van der Waals surface area contributed by atoms with Gasteiger partial charge in [0.2, 0.25) is 0 Å². The van der Waals surface area contributed by atoms with Crippen molar-refractivity contribution in [1.82, 2.24) is 5.32 Å². The Labute approximate surface area is 147 Å². The Kier molecular flexibility index (Phi) is 6.69. The first-order valence-electron chi connectivity index (χ1n) is 8.32. The van der Waals surface area contributed by atoms with Gasteiger partial charge in [-0.1, -0.05) is 13.3 Å². The van der Waals surface area contributed by atoms with Crippen LogP contribution in [0.3, 0.4) is 0 Å². The zero-order valence-corrected chi connectivity index (χ0v) is 14.4. The number of ketones is 1. The van der Waals surface area contributed by atoms with Gasteiger partial charge < -0.3 is 10.1 Å². The van der Waals surface area contributed by atoms with Crippen molar-refractivity contribution in [2.45, 2.75) is 32.7 Å². The van der Waals surface area contributed by atoms with Gasteiger partial charge in [-0.2, -0.15) is 0 Å². The Morgan fingerprint density at radius 3 is 2.16 bits per heavy atom. The Morgan fingerprint density at radius 1 is 1.04 bits per heavy atom. The number of benzene rings is 2. The summed E-state index contributed by atoms with van der Waals surface area (Å²) in [6.45, 7) is 3.95. The normalized spacial score (nSPS) is 11.6. The largest absolute Gasteiger partial charge is 0.484 e. The highest BCUT2D eigenvalue weighted by molar-refractivity contribution is 6.09. The molecule has 0 bridgehead atoms. The molecule has 0 saturated heterocycles. The summed E-state index contributed by atoms with van der Waals surface area (Å²) >= 11 is 0. The molecule has 132 valence electrons. The van der Waals surface area contributed by atoms with Crippen LogP contribution in [0.5, 0.6) is 5.75 Å². The third-order valence-electron chi connectivity index (χ3n) is 3.72. The van der Waals surface area contributed by atoms with Crippen LogP contribution in [0.1, 0.15) is 42.6 Å². The second-order valence-corrected chi connectivity index (χ2v) is 5.91. The summed E-state index contributed by atoms with van der Waals surface area (Å²) < 4.78 is 18.3. The van der Waals surface area contributed by atoms with Crippen molar-refractivity contribution in [3.8, 4) is 5.75 Å². The smallest absolute Gasteiger partial charge is 0.258 e. The third kappa shape index (κ3) is 5.71. The van der Waals surface area contributed by atoms with E-state index in [9.17, 15) is 14.0 Å². The molecule has 0 aliphatic carbocycles. The second-order valence-electron chi connectivity index (χ2n) is 5.91. The number of hydrogen-bond acceptors (Lipinski definition) is 3. The highest BCUT2D eigenvalue weighted by atomic mass is 19.1. The SMILES string of the molecule is CCC[C@@H](C)NC(=O)COc1ccc(C(=O)c2ccc(F)cc2)cc1. The van der Waals surface area contributed by atoms with Crippen molar-refractivity contribution in [2.24, 2.45) is 0 Å². The predicted octanol–water partition coefficient (Wildman–Crippen LogP) is 3.74. The molecule has 0 heterocycles. The molecule has 0 radical (unpaired) electrons. The first kappa shape index (κ1) is 18.6. The van der Waals surface area contributed by atoms with E-state index in [1.807, 2.05) is 6.92 Å². The van der Waals surface area contributed by atoms with Gasteiger partial charge in [0, 0.05) is 17.2 Å². The Balaban J connectivity index is 1.90. The molecule has 0 aromatic heterocycles. The molecule has 1 atom stereocenters. The van der Waals surface area contributed by atoms with Gasteiger partial charge in [0.25, 0.3) is 5.91 Å².